The Kier molecular flexibility index (Phi) is 6.57. The fourth-order valence-corrected chi connectivity index (χ4v) is 4.48. The number of aliphatic hydroxyl groups is 1. The third-order valence-electron chi connectivity index (χ3n) is 6.43. The van der Waals surface area contributed by atoms with E-state index in [0.717, 1.165) is 17.8 Å². The number of pyridine rings is 1. The Hall–Kier alpha value is -4.32. The van der Waals surface area contributed by atoms with Crippen LogP contribution in [-0.2, 0) is 0 Å². The van der Waals surface area contributed by atoms with Crippen molar-refractivity contribution in [3.8, 4) is 11.3 Å². The molecule has 1 fully saturated rings. The van der Waals surface area contributed by atoms with Crippen LogP contribution in [0, 0.1) is 11.6 Å². The molecule has 1 aliphatic heterocycles. The lowest BCUT2D eigenvalue weighted by Crippen LogP contribution is -2.36. The van der Waals surface area contributed by atoms with E-state index in [4.69, 9.17) is 5.11 Å². The summed E-state index contributed by atoms with van der Waals surface area (Å²) in [6, 6.07) is 4.25. The van der Waals surface area contributed by atoms with Crippen LogP contribution in [0.1, 0.15) is 42.9 Å². The summed E-state index contributed by atoms with van der Waals surface area (Å²) in [7, 11) is 0. The summed E-state index contributed by atoms with van der Waals surface area (Å²) in [4.78, 5) is 33.3. The van der Waals surface area contributed by atoms with Crippen molar-refractivity contribution in [2.45, 2.75) is 31.8 Å². The van der Waals surface area contributed by atoms with Crippen molar-refractivity contribution in [1.29, 1.82) is 0 Å². The minimum absolute atomic E-state index is 0.0151. The molecule has 3 aromatic heterocycles. The zero-order chi connectivity index (χ0) is 26.1. The van der Waals surface area contributed by atoms with Gasteiger partial charge in [0.2, 0.25) is 11.9 Å². The number of nitrogens with one attached hydrogen (secondary N) is 1. The minimum Gasteiger partial charge on any atom is -0.465 e. The molecule has 0 aliphatic carbocycles. The van der Waals surface area contributed by atoms with Crippen molar-refractivity contribution < 1.29 is 23.8 Å². The summed E-state index contributed by atoms with van der Waals surface area (Å²) in [6.07, 6.45) is 5.26. The number of carboxylic acid groups (broad SMARTS) is 1. The Morgan fingerprint density at radius 1 is 1.05 bits per heavy atom. The van der Waals surface area contributed by atoms with Crippen molar-refractivity contribution >= 4 is 28.9 Å². The molecule has 0 saturated carbocycles. The van der Waals surface area contributed by atoms with E-state index in [2.05, 4.69) is 30.2 Å². The summed E-state index contributed by atoms with van der Waals surface area (Å²) < 4.78 is 29.5. The van der Waals surface area contributed by atoms with E-state index in [1.165, 1.54) is 17.2 Å². The number of anilines is 2. The van der Waals surface area contributed by atoms with Crippen LogP contribution in [0.2, 0.25) is 0 Å². The first-order valence-corrected chi connectivity index (χ1v) is 11.7. The van der Waals surface area contributed by atoms with Crippen LogP contribution >= 0.6 is 0 Å². The molecule has 0 radical (unpaired) electrons. The molecule has 190 valence electrons. The van der Waals surface area contributed by atoms with E-state index in [-0.39, 0.29) is 34.6 Å². The highest BCUT2D eigenvalue weighted by molar-refractivity contribution is 5.87. The highest BCUT2D eigenvalue weighted by atomic mass is 19.1. The Morgan fingerprint density at radius 3 is 2.43 bits per heavy atom. The first-order chi connectivity index (χ1) is 17.8. The summed E-state index contributed by atoms with van der Waals surface area (Å²) >= 11 is 0. The van der Waals surface area contributed by atoms with Gasteiger partial charge in [-0.25, -0.2) is 33.5 Å². The highest BCUT2D eigenvalue weighted by Crippen LogP contribution is 2.31. The molecule has 1 unspecified atom stereocenters. The van der Waals surface area contributed by atoms with Crippen molar-refractivity contribution in [1.82, 2.24) is 29.8 Å². The standard InChI is InChI=1S/C25H23F2N7O3/c1-13(35)17-2-5-28-22-18(17)8-15(9-19(22)26)21-20(27)12-31-24(32-21)33-23-29-10-16(11-30-23)14-3-6-34(7-4-14)25(36)37/h2,5,8-14,35H,3-4,6-7H2,1H3,(H,36,37)(H,29,30,31,32,33). The summed E-state index contributed by atoms with van der Waals surface area (Å²) in [5.74, 6) is -1.07. The minimum atomic E-state index is -0.917. The lowest BCUT2D eigenvalue weighted by Gasteiger charge is -2.29. The van der Waals surface area contributed by atoms with Gasteiger partial charge in [0.05, 0.1) is 12.3 Å². The third kappa shape index (κ3) is 5.00. The number of halogens is 2. The van der Waals surface area contributed by atoms with Crippen LogP contribution in [0.4, 0.5) is 25.5 Å². The molecule has 4 aromatic rings. The maximum absolute atomic E-state index is 14.8. The van der Waals surface area contributed by atoms with Crippen molar-refractivity contribution in [3.05, 3.63) is 65.7 Å². The van der Waals surface area contributed by atoms with Crippen molar-refractivity contribution in [3.63, 3.8) is 0 Å². The zero-order valence-electron chi connectivity index (χ0n) is 19.8. The number of rotatable bonds is 5. The van der Waals surface area contributed by atoms with Gasteiger partial charge in [-0.2, -0.15) is 0 Å². The second-order valence-electron chi connectivity index (χ2n) is 8.83. The molecule has 4 heterocycles. The summed E-state index contributed by atoms with van der Waals surface area (Å²) in [5.41, 5.74) is 1.44. The number of amides is 1. The van der Waals surface area contributed by atoms with Gasteiger partial charge in [-0.05, 0) is 55.0 Å². The maximum atomic E-state index is 14.8. The topological polar surface area (TPSA) is 137 Å². The Morgan fingerprint density at radius 2 is 1.76 bits per heavy atom. The number of piperidine rings is 1. The van der Waals surface area contributed by atoms with Crippen LogP contribution in [-0.4, -0.2) is 59.2 Å². The number of aliphatic hydroxyl groups excluding tert-OH is 1. The molecule has 0 spiro atoms. The molecule has 1 aliphatic rings. The number of hydrogen-bond acceptors (Lipinski definition) is 8. The van der Waals surface area contributed by atoms with Crippen LogP contribution in [0.5, 0.6) is 0 Å². The third-order valence-corrected chi connectivity index (χ3v) is 6.43. The second-order valence-corrected chi connectivity index (χ2v) is 8.83. The SMILES string of the molecule is CC(O)c1ccnc2c(F)cc(-c3nc(Nc4ncc(C5CCN(C(=O)O)CC5)cn4)ncc3F)cc12. The molecule has 1 amide bonds. The average Bonchev–Trinajstić information content (AvgIpc) is 2.90. The van der Waals surface area contributed by atoms with Crippen LogP contribution < -0.4 is 5.32 Å². The number of fused-ring (bicyclic) bond motifs is 1. The number of hydrogen-bond donors (Lipinski definition) is 3. The molecule has 37 heavy (non-hydrogen) atoms. The smallest absolute Gasteiger partial charge is 0.407 e. The van der Waals surface area contributed by atoms with E-state index in [1.54, 1.807) is 25.4 Å². The van der Waals surface area contributed by atoms with Gasteiger partial charge in [-0.1, -0.05) is 0 Å². The number of likely N-dealkylation sites (tertiary alicyclic amines) is 1. The Labute approximate surface area is 210 Å². The van der Waals surface area contributed by atoms with Gasteiger partial charge >= 0.3 is 6.09 Å². The lowest BCUT2D eigenvalue weighted by atomic mass is 9.91. The normalized spacial score (nSPS) is 15.1. The first kappa shape index (κ1) is 24.4. The highest BCUT2D eigenvalue weighted by Gasteiger charge is 2.24. The molecule has 5 rings (SSSR count). The second kappa shape index (κ2) is 9.97. The Balaban J connectivity index is 1.38. The molecular formula is C25H23F2N7O3. The maximum Gasteiger partial charge on any atom is 0.407 e. The van der Waals surface area contributed by atoms with Gasteiger partial charge in [0.25, 0.3) is 0 Å². The van der Waals surface area contributed by atoms with Crippen molar-refractivity contribution in [2.75, 3.05) is 18.4 Å². The summed E-state index contributed by atoms with van der Waals surface area (Å²) in [6.45, 7) is 2.46. The van der Waals surface area contributed by atoms with Crippen LogP contribution in [0.3, 0.4) is 0 Å². The quantitative estimate of drug-likeness (QED) is 0.359. The van der Waals surface area contributed by atoms with Gasteiger partial charge in [-0.15, -0.1) is 0 Å². The zero-order valence-corrected chi connectivity index (χ0v) is 19.8. The van der Waals surface area contributed by atoms with Gasteiger partial charge in [0.1, 0.15) is 17.0 Å². The molecule has 12 heteroatoms. The predicted octanol–water partition coefficient (Wildman–Crippen LogP) is 4.41. The number of aromatic nitrogens is 5. The number of nitrogens with zero attached hydrogens (tertiary/aromatic N) is 6. The predicted molar refractivity (Wildman–Crippen MR) is 130 cm³/mol. The van der Waals surface area contributed by atoms with E-state index in [9.17, 15) is 18.7 Å². The van der Waals surface area contributed by atoms with E-state index >= 15 is 0 Å². The Bertz CT molecular complexity index is 1460. The van der Waals surface area contributed by atoms with Gasteiger partial charge < -0.3 is 15.1 Å². The van der Waals surface area contributed by atoms with Gasteiger partial charge in [0.15, 0.2) is 5.82 Å². The van der Waals surface area contributed by atoms with Crippen LogP contribution in [0.15, 0.2) is 43.0 Å². The average molecular weight is 508 g/mol. The van der Waals surface area contributed by atoms with E-state index < -0.39 is 23.8 Å². The van der Waals surface area contributed by atoms with Gasteiger partial charge in [-0.3, -0.25) is 10.3 Å². The molecule has 1 aromatic carbocycles. The van der Waals surface area contributed by atoms with Crippen LogP contribution in [0.25, 0.3) is 22.2 Å². The summed E-state index contributed by atoms with van der Waals surface area (Å²) in [5, 5.41) is 22.4. The largest absolute Gasteiger partial charge is 0.465 e. The van der Waals surface area contributed by atoms with E-state index in [1.807, 2.05) is 0 Å². The first-order valence-electron chi connectivity index (χ1n) is 11.7. The molecule has 1 saturated heterocycles. The number of benzene rings is 1. The molecule has 3 N–H and O–H groups in total. The number of carbonyl (C=O) groups is 1. The van der Waals surface area contributed by atoms with E-state index in [0.29, 0.717) is 36.9 Å². The molecular weight excluding hydrogens is 484 g/mol. The van der Waals surface area contributed by atoms with Gasteiger partial charge in [0, 0.05) is 42.6 Å². The fourth-order valence-electron chi connectivity index (χ4n) is 4.48. The fraction of sp³-hybridized carbons (Fsp3) is 0.280. The molecule has 1 atom stereocenters. The van der Waals surface area contributed by atoms with Crippen molar-refractivity contribution in [2.24, 2.45) is 0 Å². The molecule has 10 nitrogen and oxygen atoms in total. The lowest BCUT2D eigenvalue weighted by molar-refractivity contribution is 0.132. The molecule has 0 bridgehead atoms. The monoisotopic (exact) mass is 507 g/mol.